The van der Waals surface area contributed by atoms with Crippen molar-refractivity contribution in [1.82, 2.24) is 10.1 Å². The Morgan fingerprint density at radius 3 is 2.95 bits per heavy atom. The van der Waals surface area contributed by atoms with Gasteiger partial charge in [-0.15, -0.1) is 0 Å². The van der Waals surface area contributed by atoms with Crippen molar-refractivity contribution in [1.29, 1.82) is 0 Å². The number of aromatic nitrogens is 2. The molecule has 1 N–H and O–H groups in total. The Morgan fingerprint density at radius 2 is 2.21 bits per heavy atom. The minimum absolute atomic E-state index is 0.268. The minimum Gasteiger partial charge on any atom is -0.481 e. The normalized spacial score (nSPS) is 22.5. The van der Waals surface area contributed by atoms with Crippen LogP contribution in [0.3, 0.4) is 0 Å². The van der Waals surface area contributed by atoms with E-state index in [1.165, 1.54) is 12.5 Å². The van der Waals surface area contributed by atoms with E-state index in [4.69, 9.17) is 8.94 Å². The number of nitrogens with zero attached hydrogens (tertiary/aromatic N) is 2. The Bertz CT molecular complexity index is 600. The van der Waals surface area contributed by atoms with Crippen molar-refractivity contribution in [3.05, 3.63) is 36.6 Å². The van der Waals surface area contributed by atoms with E-state index in [1.807, 2.05) is 12.2 Å². The van der Waals surface area contributed by atoms with Crippen molar-refractivity contribution in [3.63, 3.8) is 0 Å². The lowest BCUT2D eigenvalue weighted by atomic mass is 9.83. The number of carboxylic acid groups (broad SMARTS) is 1. The second-order valence-electron chi connectivity index (χ2n) is 4.46. The molecule has 0 bridgehead atoms. The van der Waals surface area contributed by atoms with E-state index < -0.39 is 11.9 Å². The summed E-state index contributed by atoms with van der Waals surface area (Å²) in [6.07, 6.45) is 7.96. The largest absolute Gasteiger partial charge is 0.481 e. The van der Waals surface area contributed by atoms with Gasteiger partial charge < -0.3 is 14.0 Å². The molecule has 1 aliphatic carbocycles. The van der Waals surface area contributed by atoms with E-state index in [9.17, 15) is 9.90 Å². The maximum atomic E-state index is 11.2. The number of furan rings is 1. The fourth-order valence-corrected chi connectivity index (χ4v) is 2.25. The molecule has 0 saturated heterocycles. The minimum atomic E-state index is -0.836. The zero-order valence-corrected chi connectivity index (χ0v) is 10.0. The lowest BCUT2D eigenvalue weighted by Crippen LogP contribution is -2.23. The molecule has 98 valence electrons. The number of allylic oxidation sites excluding steroid dienone is 2. The van der Waals surface area contributed by atoms with Crippen LogP contribution in [0.25, 0.3) is 11.4 Å². The summed E-state index contributed by atoms with van der Waals surface area (Å²) in [6, 6.07) is 1.73. The zero-order valence-electron chi connectivity index (χ0n) is 10.0. The zero-order chi connectivity index (χ0) is 13.2. The number of hydrogen-bond acceptors (Lipinski definition) is 5. The lowest BCUT2D eigenvalue weighted by molar-refractivity contribution is -0.142. The first-order valence-electron chi connectivity index (χ1n) is 5.99. The van der Waals surface area contributed by atoms with Crippen molar-refractivity contribution in [2.45, 2.75) is 18.8 Å². The second kappa shape index (κ2) is 4.72. The molecule has 0 amide bonds. The van der Waals surface area contributed by atoms with Gasteiger partial charge >= 0.3 is 5.97 Å². The van der Waals surface area contributed by atoms with Crippen LogP contribution in [0.5, 0.6) is 0 Å². The fraction of sp³-hybridized carbons (Fsp3) is 0.308. The number of aliphatic carboxylic acids is 1. The summed E-state index contributed by atoms with van der Waals surface area (Å²) < 4.78 is 10.2. The molecular weight excluding hydrogens is 248 g/mol. The van der Waals surface area contributed by atoms with E-state index in [2.05, 4.69) is 10.1 Å². The molecular formula is C13H12N2O4. The summed E-state index contributed by atoms with van der Waals surface area (Å²) in [5.74, 6) is -0.828. The Kier molecular flexibility index (Phi) is 2.91. The molecule has 0 aromatic carbocycles. The lowest BCUT2D eigenvalue weighted by Gasteiger charge is -2.21. The summed E-state index contributed by atoms with van der Waals surface area (Å²) in [7, 11) is 0. The highest BCUT2D eigenvalue weighted by Crippen LogP contribution is 2.34. The summed E-state index contributed by atoms with van der Waals surface area (Å²) in [5, 5.41) is 13.1. The first-order valence-corrected chi connectivity index (χ1v) is 5.99. The van der Waals surface area contributed by atoms with Crippen molar-refractivity contribution < 1.29 is 18.8 Å². The van der Waals surface area contributed by atoms with E-state index in [0.717, 1.165) is 0 Å². The predicted octanol–water partition coefficient (Wildman–Crippen LogP) is 2.46. The van der Waals surface area contributed by atoms with Crippen LogP contribution in [-0.4, -0.2) is 21.2 Å². The maximum Gasteiger partial charge on any atom is 0.307 e. The Labute approximate surface area is 108 Å². The Balaban J connectivity index is 1.89. The van der Waals surface area contributed by atoms with Gasteiger partial charge in [-0.25, -0.2) is 0 Å². The smallest absolute Gasteiger partial charge is 0.307 e. The second-order valence-corrected chi connectivity index (χ2v) is 4.46. The van der Waals surface area contributed by atoms with E-state index in [-0.39, 0.29) is 5.92 Å². The van der Waals surface area contributed by atoms with Gasteiger partial charge in [-0.1, -0.05) is 17.3 Å². The standard InChI is InChI=1S/C13H12N2O4/c16-13(17)10-4-2-1-3-9(10)12-14-11(15-19-12)8-5-6-18-7-8/h1-2,5-7,9-10H,3-4H2,(H,16,17)/t9-,10+/m1/s1. The van der Waals surface area contributed by atoms with E-state index in [1.54, 1.807) is 6.07 Å². The van der Waals surface area contributed by atoms with Crippen LogP contribution in [-0.2, 0) is 4.79 Å². The number of rotatable bonds is 3. The highest BCUT2D eigenvalue weighted by atomic mass is 16.5. The Hall–Kier alpha value is -2.37. The van der Waals surface area contributed by atoms with Crippen molar-refractivity contribution in [2.24, 2.45) is 5.92 Å². The molecule has 19 heavy (non-hydrogen) atoms. The molecule has 0 aliphatic heterocycles. The van der Waals surface area contributed by atoms with Gasteiger partial charge in [0.05, 0.1) is 23.7 Å². The van der Waals surface area contributed by atoms with Crippen LogP contribution in [0.2, 0.25) is 0 Å². The summed E-state index contributed by atoms with van der Waals surface area (Å²) in [5.41, 5.74) is 0.716. The van der Waals surface area contributed by atoms with Crippen molar-refractivity contribution >= 4 is 5.97 Å². The summed E-state index contributed by atoms with van der Waals surface area (Å²) >= 11 is 0. The van der Waals surface area contributed by atoms with Gasteiger partial charge in [-0.05, 0) is 18.9 Å². The van der Waals surface area contributed by atoms with Crippen LogP contribution >= 0.6 is 0 Å². The maximum absolute atomic E-state index is 11.2. The first-order chi connectivity index (χ1) is 9.25. The van der Waals surface area contributed by atoms with Crippen LogP contribution in [0.4, 0.5) is 0 Å². The molecule has 0 radical (unpaired) electrons. The molecule has 0 spiro atoms. The third-order valence-electron chi connectivity index (χ3n) is 3.29. The SMILES string of the molecule is O=C(O)[C@H]1CC=CC[C@H]1c1nc(-c2ccoc2)no1. The van der Waals surface area contributed by atoms with Crippen molar-refractivity contribution in [3.8, 4) is 11.4 Å². The summed E-state index contributed by atoms with van der Waals surface area (Å²) in [6.45, 7) is 0. The average Bonchev–Trinajstić information content (AvgIpc) is 3.09. The van der Waals surface area contributed by atoms with Gasteiger partial charge in [0.15, 0.2) is 0 Å². The third-order valence-corrected chi connectivity index (χ3v) is 3.29. The topological polar surface area (TPSA) is 89.4 Å². The monoisotopic (exact) mass is 260 g/mol. The molecule has 6 heteroatoms. The number of hydrogen-bond donors (Lipinski definition) is 1. The van der Waals surface area contributed by atoms with Gasteiger partial charge in [-0.3, -0.25) is 4.79 Å². The molecule has 6 nitrogen and oxygen atoms in total. The molecule has 0 fully saturated rings. The predicted molar refractivity (Wildman–Crippen MR) is 64.2 cm³/mol. The molecule has 1 aliphatic rings. The van der Waals surface area contributed by atoms with Gasteiger partial charge in [0.25, 0.3) is 0 Å². The molecule has 3 rings (SSSR count). The van der Waals surface area contributed by atoms with Gasteiger partial charge in [-0.2, -0.15) is 4.98 Å². The van der Waals surface area contributed by atoms with Gasteiger partial charge in [0.1, 0.15) is 6.26 Å². The molecule has 0 unspecified atom stereocenters. The Morgan fingerprint density at radius 1 is 1.37 bits per heavy atom. The molecule has 2 aromatic rings. The average molecular weight is 260 g/mol. The highest BCUT2D eigenvalue weighted by molar-refractivity contribution is 5.71. The first kappa shape index (κ1) is 11.7. The van der Waals surface area contributed by atoms with Crippen LogP contribution in [0.15, 0.2) is 39.7 Å². The van der Waals surface area contributed by atoms with Gasteiger partial charge in [0.2, 0.25) is 11.7 Å². The highest BCUT2D eigenvalue weighted by Gasteiger charge is 2.34. The molecule has 2 atom stereocenters. The quantitative estimate of drug-likeness (QED) is 0.852. The van der Waals surface area contributed by atoms with Crippen LogP contribution in [0, 0.1) is 5.92 Å². The van der Waals surface area contributed by atoms with Crippen molar-refractivity contribution in [2.75, 3.05) is 0 Å². The van der Waals surface area contributed by atoms with Gasteiger partial charge in [0, 0.05) is 0 Å². The molecule has 0 saturated carbocycles. The van der Waals surface area contributed by atoms with E-state index >= 15 is 0 Å². The number of carboxylic acids is 1. The van der Waals surface area contributed by atoms with Crippen LogP contribution < -0.4 is 0 Å². The number of carbonyl (C=O) groups is 1. The van der Waals surface area contributed by atoms with E-state index in [0.29, 0.717) is 30.1 Å². The van der Waals surface area contributed by atoms with Crippen LogP contribution in [0.1, 0.15) is 24.7 Å². The molecule has 2 aromatic heterocycles. The molecule has 2 heterocycles. The fourth-order valence-electron chi connectivity index (χ4n) is 2.25. The summed E-state index contributed by atoms with van der Waals surface area (Å²) in [4.78, 5) is 15.5. The third kappa shape index (κ3) is 2.16.